The summed E-state index contributed by atoms with van der Waals surface area (Å²) in [6.45, 7) is 8.30. The summed E-state index contributed by atoms with van der Waals surface area (Å²) in [5, 5.41) is 14.0. The second-order valence-corrected chi connectivity index (χ2v) is 11.4. The molecule has 4 heterocycles. The minimum atomic E-state index is 0. The van der Waals surface area contributed by atoms with E-state index in [9.17, 15) is 0 Å². The number of aryl methyl sites for hydroxylation is 4. The fourth-order valence-corrected chi connectivity index (χ4v) is 4.63. The largest absolute Gasteiger partial charge is 0.329 e. The normalized spacial score (nSPS) is 10.2. The number of hydrogen-bond donors (Lipinski definition) is 0. The minimum absolute atomic E-state index is 0. The molecule has 251 valence electrons. The summed E-state index contributed by atoms with van der Waals surface area (Å²) in [5.41, 5.74) is 9.84. The molecule has 0 amide bonds. The van der Waals surface area contributed by atoms with Crippen molar-refractivity contribution in [2.24, 2.45) is 0 Å². The van der Waals surface area contributed by atoms with Crippen molar-refractivity contribution < 1.29 is 29.2 Å². The molecule has 4 aromatic heterocycles. The topological polar surface area (TPSA) is 83.3 Å². The van der Waals surface area contributed by atoms with Crippen LogP contribution >= 0.6 is 0 Å². The van der Waals surface area contributed by atoms with Crippen LogP contribution in [0.15, 0.2) is 134 Å². The molecule has 50 heavy (non-hydrogen) atoms. The molecule has 0 fully saturated rings. The molecular formula is C40H34IrN9-3. The molecule has 1 radical (unpaired) electrons. The Morgan fingerprint density at radius 2 is 1.10 bits per heavy atom. The first kappa shape index (κ1) is 35.5. The fourth-order valence-electron chi connectivity index (χ4n) is 4.63. The van der Waals surface area contributed by atoms with Gasteiger partial charge in [-0.15, -0.1) is 0 Å². The molecule has 0 saturated carbocycles. The minimum Gasteiger partial charge on any atom is -0.329 e. The molecule has 0 atom stereocenters. The third-order valence-electron chi connectivity index (χ3n) is 7.42. The van der Waals surface area contributed by atoms with Crippen LogP contribution < -0.4 is 14.2 Å². The van der Waals surface area contributed by atoms with E-state index < -0.39 is 0 Å². The quantitative estimate of drug-likeness (QED) is 0.161. The number of aromatic nitrogens is 9. The van der Waals surface area contributed by atoms with Crippen molar-refractivity contribution in [2.75, 3.05) is 0 Å². The zero-order valence-electron chi connectivity index (χ0n) is 28.1. The van der Waals surface area contributed by atoms with Crippen LogP contribution in [0, 0.1) is 52.5 Å². The maximum atomic E-state index is 4.02. The molecule has 4 aromatic carbocycles. The Morgan fingerprint density at radius 1 is 0.600 bits per heavy atom. The average molecular weight is 833 g/mol. The van der Waals surface area contributed by atoms with E-state index in [1.165, 1.54) is 22.3 Å². The average Bonchev–Trinajstić information content (AvgIpc) is 3.94. The number of benzene rings is 4. The monoisotopic (exact) mass is 833 g/mol. The standard InChI is InChI=1S/2C17H15N2.C6H4N5.Ir/c2*1-14-3-7-16(8-4-14)18-11-12-19(13-18)17-9-5-15(2)6-10-17;1-2-4-7-5(3-1)6-8-10-11-9-6;/h2*3-9,11-12H,1-2H3;1-4H;/q3*-1;. The Bertz CT molecular complexity index is 1920. The van der Waals surface area contributed by atoms with Gasteiger partial charge in [0.15, 0.2) is 0 Å². The van der Waals surface area contributed by atoms with Gasteiger partial charge in [0.2, 0.25) is 0 Å². The first-order valence-corrected chi connectivity index (χ1v) is 15.7. The van der Waals surface area contributed by atoms with Gasteiger partial charge in [0, 0.05) is 51.1 Å². The SMILES string of the molecule is Cc1c[c-]c(-n2[c-][n+](-c3ccc(C)cc3)cc2)cc1.Cc1c[c-]c(-n2[c-][n+](-c3ccc(C)cc3)cc2)cc1.[Ir].c1ccc(-c2nnn[n-]2)nc1. The summed E-state index contributed by atoms with van der Waals surface area (Å²) >= 11 is 0. The second-order valence-electron chi connectivity index (χ2n) is 11.4. The molecule has 9 nitrogen and oxygen atoms in total. The zero-order valence-corrected chi connectivity index (χ0v) is 30.5. The summed E-state index contributed by atoms with van der Waals surface area (Å²) in [5.74, 6) is 0.464. The summed E-state index contributed by atoms with van der Waals surface area (Å²) in [4.78, 5) is 4.02. The second kappa shape index (κ2) is 17.0. The van der Waals surface area contributed by atoms with Crippen LogP contribution in [0.3, 0.4) is 0 Å². The molecule has 0 saturated heterocycles. The Balaban J connectivity index is 0.000000150. The van der Waals surface area contributed by atoms with Crippen LogP contribution in [0.2, 0.25) is 0 Å². The van der Waals surface area contributed by atoms with Crippen molar-refractivity contribution in [3.63, 3.8) is 0 Å². The van der Waals surface area contributed by atoms with E-state index in [4.69, 9.17) is 0 Å². The van der Waals surface area contributed by atoms with Gasteiger partial charge < -0.3 is 14.2 Å². The maximum Gasteiger partial charge on any atom is 0.267 e. The number of nitrogens with zero attached hydrogens (tertiary/aromatic N) is 9. The van der Waals surface area contributed by atoms with Crippen LogP contribution in [0.4, 0.5) is 0 Å². The number of rotatable bonds is 5. The molecule has 10 heteroatoms. The van der Waals surface area contributed by atoms with Crippen molar-refractivity contribution >= 4 is 0 Å². The van der Waals surface area contributed by atoms with Gasteiger partial charge in [-0.2, -0.15) is 64.9 Å². The van der Waals surface area contributed by atoms with E-state index in [1.54, 1.807) is 12.3 Å². The van der Waals surface area contributed by atoms with Gasteiger partial charge >= 0.3 is 0 Å². The van der Waals surface area contributed by atoms with Crippen LogP contribution in [-0.2, 0) is 20.1 Å². The molecule has 0 spiro atoms. The molecule has 0 aliphatic carbocycles. The number of pyridine rings is 1. The van der Waals surface area contributed by atoms with Crippen LogP contribution in [0.1, 0.15) is 22.3 Å². The first-order valence-electron chi connectivity index (χ1n) is 15.7. The fraction of sp³-hybridized carbons (Fsp3) is 0.100. The Labute approximate surface area is 305 Å². The summed E-state index contributed by atoms with van der Waals surface area (Å²) in [6.07, 6.45) is 16.2. The van der Waals surface area contributed by atoms with Crippen LogP contribution in [0.25, 0.3) is 34.3 Å². The van der Waals surface area contributed by atoms with Crippen molar-refractivity contribution in [1.82, 2.24) is 34.7 Å². The molecule has 0 unspecified atom stereocenters. The summed E-state index contributed by atoms with van der Waals surface area (Å²) < 4.78 is 7.85. The first-order chi connectivity index (χ1) is 23.9. The van der Waals surface area contributed by atoms with Crippen molar-refractivity contribution in [2.45, 2.75) is 27.7 Å². The summed E-state index contributed by atoms with van der Waals surface area (Å²) in [6, 6.07) is 41.0. The van der Waals surface area contributed by atoms with Gasteiger partial charge in [0.1, 0.15) is 0 Å². The van der Waals surface area contributed by atoms with Gasteiger partial charge in [-0.25, -0.2) is 0 Å². The van der Waals surface area contributed by atoms with Crippen molar-refractivity contribution in [1.29, 1.82) is 0 Å². The molecule has 8 aromatic rings. The van der Waals surface area contributed by atoms with Gasteiger partial charge in [-0.3, -0.25) is 24.4 Å². The van der Waals surface area contributed by atoms with Crippen molar-refractivity contribution in [3.8, 4) is 34.3 Å². The third-order valence-corrected chi connectivity index (χ3v) is 7.42. The number of hydrogen-bond acceptors (Lipinski definition) is 4. The van der Waals surface area contributed by atoms with Crippen LogP contribution in [0.5, 0.6) is 0 Å². The molecule has 8 rings (SSSR count). The zero-order chi connectivity index (χ0) is 34.0. The molecule has 0 aliphatic rings. The van der Waals surface area contributed by atoms with E-state index in [0.717, 1.165) is 22.7 Å². The van der Waals surface area contributed by atoms with Gasteiger partial charge in [0.05, 0.1) is 22.9 Å². The number of tetrazole rings is 1. The van der Waals surface area contributed by atoms with E-state index in [1.807, 2.05) is 79.5 Å². The van der Waals surface area contributed by atoms with Gasteiger partial charge in [-0.1, -0.05) is 55.3 Å². The Hall–Kier alpha value is -5.83. The predicted octanol–water partition coefficient (Wildman–Crippen LogP) is 5.83. The Morgan fingerprint density at radius 3 is 1.50 bits per heavy atom. The predicted molar refractivity (Wildman–Crippen MR) is 185 cm³/mol. The van der Waals surface area contributed by atoms with E-state index in [2.05, 4.69) is 139 Å². The smallest absolute Gasteiger partial charge is 0.267 e. The van der Waals surface area contributed by atoms with Gasteiger partial charge in [-0.05, 0) is 61.6 Å². The Kier molecular flexibility index (Phi) is 12.1. The summed E-state index contributed by atoms with van der Waals surface area (Å²) in [7, 11) is 0. The third kappa shape index (κ3) is 9.41. The number of imidazole rings is 2. The molecular weight excluding hydrogens is 799 g/mol. The van der Waals surface area contributed by atoms with E-state index >= 15 is 0 Å². The molecule has 0 N–H and O–H groups in total. The molecule has 0 bridgehead atoms. The maximum absolute atomic E-state index is 4.02. The van der Waals surface area contributed by atoms with Crippen molar-refractivity contribution in [3.05, 3.63) is 181 Å². The molecule has 0 aliphatic heterocycles. The van der Waals surface area contributed by atoms with Crippen LogP contribution in [-0.4, -0.2) is 29.6 Å². The van der Waals surface area contributed by atoms with E-state index in [0.29, 0.717) is 11.5 Å². The van der Waals surface area contributed by atoms with E-state index in [-0.39, 0.29) is 20.1 Å². The van der Waals surface area contributed by atoms with Gasteiger partial charge in [0.25, 0.3) is 12.7 Å².